The van der Waals surface area contributed by atoms with Crippen molar-refractivity contribution in [2.24, 2.45) is 5.92 Å². The lowest BCUT2D eigenvalue weighted by Gasteiger charge is -2.33. The molecular weight excluding hydrogens is 150 g/mol. The Hall–Kier alpha value is -0.340. The molecule has 0 aromatic heterocycles. The topological polar surface area (TPSA) is 23.5 Å². The molecule has 1 N–H and O–H groups in total. The van der Waals surface area contributed by atoms with Crippen LogP contribution in [0.1, 0.15) is 32.6 Å². The molecule has 2 fully saturated rings. The van der Waals surface area contributed by atoms with Gasteiger partial charge < -0.3 is 5.21 Å². The molecule has 0 spiro atoms. The summed E-state index contributed by atoms with van der Waals surface area (Å²) in [6.07, 6.45) is 6.99. The molecule has 2 bridgehead atoms. The Morgan fingerprint density at radius 3 is 3.33 bits per heavy atom. The third kappa shape index (κ3) is 0.639. The normalized spacial score (nSPS) is 51.3. The minimum absolute atomic E-state index is 0.0687. The average molecular weight is 165 g/mol. The Labute approximate surface area is 72.8 Å². The molecule has 0 radical (unpaired) electrons. The highest BCUT2D eigenvalue weighted by Crippen LogP contribution is 2.52. The molecule has 1 aliphatic heterocycles. The first-order valence-corrected chi connectivity index (χ1v) is 4.88. The molecule has 1 saturated heterocycles. The summed E-state index contributed by atoms with van der Waals surface area (Å²) in [5, 5.41) is 11.6. The summed E-state index contributed by atoms with van der Waals surface area (Å²) in [6, 6.07) is 0.448. The SMILES string of the molecule is CC12CC=C3CCC(C3C1)N2O. The van der Waals surface area contributed by atoms with E-state index in [0.717, 1.165) is 6.42 Å². The van der Waals surface area contributed by atoms with Crippen LogP contribution in [0.5, 0.6) is 0 Å². The van der Waals surface area contributed by atoms with Crippen LogP contribution in [0.4, 0.5) is 0 Å². The van der Waals surface area contributed by atoms with Gasteiger partial charge in [-0.3, -0.25) is 0 Å². The lowest BCUT2D eigenvalue weighted by atomic mass is 9.82. The standard InChI is InChI=1S/C10H15NO/c1-10-5-4-7-2-3-9(11(10)12)8(7)6-10/h4,8-9,12H,2-3,5-6H2,1H3. The van der Waals surface area contributed by atoms with E-state index in [1.807, 2.05) is 0 Å². The third-order valence-electron chi connectivity index (χ3n) is 4.00. The van der Waals surface area contributed by atoms with Crippen LogP contribution < -0.4 is 0 Å². The van der Waals surface area contributed by atoms with Crippen LogP contribution in [0.25, 0.3) is 0 Å². The highest BCUT2D eigenvalue weighted by Gasteiger charge is 2.53. The van der Waals surface area contributed by atoms with Gasteiger partial charge in [0, 0.05) is 11.6 Å². The highest BCUT2D eigenvalue weighted by atomic mass is 16.5. The van der Waals surface area contributed by atoms with E-state index in [0.29, 0.717) is 12.0 Å². The maximum absolute atomic E-state index is 9.95. The minimum Gasteiger partial charge on any atom is -0.313 e. The van der Waals surface area contributed by atoms with Gasteiger partial charge in [-0.15, -0.1) is 0 Å². The molecule has 0 aromatic carbocycles. The molecule has 3 rings (SSSR count). The van der Waals surface area contributed by atoms with Crippen molar-refractivity contribution in [3.63, 3.8) is 0 Å². The fourth-order valence-corrected chi connectivity index (χ4v) is 3.26. The van der Waals surface area contributed by atoms with Gasteiger partial charge in [0.2, 0.25) is 0 Å². The quantitative estimate of drug-likeness (QED) is 0.554. The second kappa shape index (κ2) is 1.94. The summed E-state index contributed by atoms with van der Waals surface area (Å²) in [5.41, 5.74) is 1.69. The maximum atomic E-state index is 9.95. The molecule has 1 saturated carbocycles. The van der Waals surface area contributed by atoms with Crippen molar-refractivity contribution >= 4 is 0 Å². The van der Waals surface area contributed by atoms with Gasteiger partial charge in [0.25, 0.3) is 0 Å². The summed E-state index contributed by atoms with van der Waals surface area (Å²) >= 11 is 0. The van der Waals surface area contributed by atoms with E-state index in [1.165, 1.54) is 19.3 Å². The van der Waals surface area contributed by atoms with E-state index in [9.17, 15) is 5.21 Å². The number of fused-ring (bicyclic) bond motifs is 1. The van der Waals surface area contributed by atoms with E-state index in [1.54, 1.807) is 10.6 Å². The summed E-state index contributed by atoms with van der Waals surface area (Å²) in [7, 11) is 0. The third-order valence-corrected chi connectivity index (χ3v) is 4.00. The Kier molecular flexibility index (Phi) is 1.15. The van der Waals surface area contributed by atoms with Crippen molar-refractivity contribution in [1.82, 2.24) is 5.06 Å². The summed E-state index contributed by atoms with van der Waals surface area (Å²) < 4.78 is 0. The van der Waals surface area contributed by atoms with Gasteiger partial charge in [-0.1, -0.05) is 11.6 Å². The molecular formula is C10H15NO. The Bertz CT molecular complexity index is 261. The smallest absolute Gasteiger partial charge is 0.0476 e. The van der Waals surface area contributed by atoms with Gasteiger partial charge in [-0.25, -0.2) is 0 Å². The van der Waals surface area contributed by atoms with Gasteiger partial charge in [0.15, 0.2) is 0 Å². The fourth-order valence-electron chi connectivity index (χ4n) is 3.26. The Morgan fingerprint density at radius 1 is 1.67 bits per heavy atom. The molecule has 3 atom stereocenters. The van der Waals surface area contributed by atoms with Crippen LogP contribution in [-0.4, -0.2) is 21.9 Å². The first-order valence-electron chi connectivity index (χ1n) is 4.88. The van der Waals surface area contributed by atoms with Crippen molar-refractivity contribution in [2.75, 3.05) is 0 Å². The number of rotatable bonds is 0. The second-order valence-electron chi connectivity index (χ2n) is 4.74. The number of hydrogen-bond acceptors (Lipinski definition) is 2. The lowest BCUT2D eigenvalue weighted by molar-refractivity contribution is -0.169. The van der Waals surface area contributed by atoms with Crippen molar-refractivity contribution in [2.45, 2.75) is 44.2 Å². The first kappa shape index (κ1) is 7.10. The molecule has 2 aliphatic carbocycles. The fraction of sp³-hybridized carbons (Fsp3) is 0.800. The first-order chi connectivity index (χ1) is 5.71. The van der Waals surface area contributed by atoms with Crippen LogP contribution in [-0.2, 0) is 0 Å². The largest absolute Gasteiger partial charge is 0.313 e. The number of nitrogens with zero attached hydrogens (tertiary/aromatic N) is 1. The van der Waals surface area contributed by atoms with E-state index in [4.69, 9.17) is 0 Å². The predicted octanol–water partition coefficient (Wildman–Crippen LogP) is 1.95. The number of hydrogen-bond donors (Lipinski definition) is 1. The zero-order valence-corrected chi connectivity index (χ0v) is 7.45. The van der Waals surface area contributed by atoms with Gasteiger partial charge in [0.05, 0.1) is 0 Å². The lowest BCUT2D eigenvalue weighted by Crippen LogP contribution is -2.42. The van der Waals surface area contributed by atoms with Gasteiger partial charge in [0.1, 0.15) is 0 Å². The molecule has 66 valence electrons. The van der Waals surface area contributed by atoms with E-state index < -0.39 is 0 Å². The van der Waals surface area contributed by atoms with Crippen molar-refractivity contribution in [1.29, 1.82) is 0 Å². The van der Waals surface area contributed by atoms with Crippen molar-refractivity contribution in [3.8, 4) is 0 Å². The van der Waals surface area contributed by atoms with Crippen LogP contribution in [0.3, 0.4) is 0 Å². The van der Waals surface area contributed by atoms with Crippen molar-refractivity contribution in [3.05, 3.63) is 11.6 Å². The summed E-state index contributed by atoms with van der Waals surface area (Å²) in [4.78, 5) is 0. The van der Waals surface area contributed by atoms with E-state index in [-0.39, 0.29) is 5.54 Å². The van der Waals surface area contributed by atoms with Crippen LogP contribution in [0.2, 0.25) is 0 Å². The van der Waals surface area contributed by atoms with Crippen LogP contribution in [0, 0.1) is 5.92 Å². The van der Waals surface area contributed by atoms with E-state index in [2.05, 4.69) is 13.0 Å². The van der Waals surface area contributed by atoms with Crippen LogP contribution >= 0.6 is 0 Å². The van der Waals surface area contributed by atoms with Gasteiger partial charge in [-0.2, -0.15) is 5.06 Å². The second-order valence-corrected chi connectivity index (χ2v) is 4.74. The molecule has 2 heteroatoms. The Morgan fingerprint density at radius 2 is 2.50 bits per heavy atom. The van der Waals surface area contributed by atoms with Crippen LogP contribution in [0.15, 0.2) is 11.6 Å². The zero-order chi connectivity index (χ0) is 8.34. The summed E-state index contributed by atoms with van der Waals surface area (Å²) in [6.45, 7) is 2.18. The molecule has 1 heterocycles. The molecule has 12 heavy (non-hydrogen) atoms. The number of hydroxylamine groups is 2. The molecule has 0 amide bonds. The zero-order valence-electron chi connectivity index (χ0n) is 7.45. The van der Waals surface area contributed by atoms with E-state index >= 15 is 0 Å². The monoisotopic (exact) mass is 165 g/mol. The average Bonchev–Trinajstić information content (AvgIpc) is 2.51. The van der Waals surface area contributed by atoms with Gasteiger partial charge in [-0.05, 0) is 38.5 Å². The predicted molar refractivity (Wildman–Crippen MR) is 45.9 cm³/mol. The molecule has 0 aromatic rings. The maximum Gasteiger partial charge on any atom is 0.0476 e. The Balaban J connectivity index is 2.09. The molecule has 3 aliphatic rings. The highest BCUT2D eigenvalue weighted by molar-refractivity contribution is 5.26. The summed E-state index contributed by atoms with van der Waals surface area (Å²) in [5.74, 6) is 0.689. The van der Waals surface area contributed by atoms with Gasteiger partial charge >= 0.3 is 0 Å². The minimum atomic E-state index is 0.0687. The molecule has 3 unspecified atom stereocenters. The van der Waals surface area contributed by atoms with Crippen molar-refractivity contribution < 1.29 is 5.21 Å². The molecule has 2 nitrogen and oxygen atoms in total.